The molecule has 0 spiro atoms. The summed E-state index contributed by atoms with van der Waals surface area (Å²) in [4.78, 5) is 0. The zero-order chi connectivity index (χ0) is 4.83. The van der Waals surface area contributed by atoms with Crippen molar-refractivity contribution >= 4 is 11.6 Å². The monoisotopic (exact) mass is 102 g/mol. The molecule has 0 aliphatic carbocycles. The molecule has 1 heteroatoms. The Morgan fingerprint density at radius 1 is 1.67 bits per heavy atom. The minimum atomic E-state index is 0.575. The molecule has 0 saturated carbocycles. The maximum absolute atomic E-state index is 5.25. The van der Waals surface area contributed by atoms with Gasteiger partial charge in [0.1, 0.15) is 0 Å². The minimum Gasteiger partial charge on any atom is -0.122 e. The van der Waals surface area contributed by atoms with Crippen LogP contribution in [0.4, 0.5) is 0 Å². The second-order valence-corrected chi connectivity index (χ2v) is 1.13. The van der Waals surface area contributed by atoms with Crippen LogP contribution in [0.3, 0.4) is 0 Å². The second-order valence-electron chi connectivity index (χ2n) is 0.818. The van der Waals surface area contributed by atoms with Gasteiger partial charge in [0.05, 0.1) is 0 Å². The molecule has 0 fully saturated rings. The van der Waals surface area contributed by atoms with Crippen molar-refractivity contribution in [2.45, 2.75) is 0 Å². The highest BCUT2D eigenvalue weighted by Gasteiger charge is 1.57. The van der Waals surface area contributed by atoms with Crippen LogP contribution in [0.25, 0.3) is 0 Å². The van der Waals surface area contributed by atoms with Gasteiger partial charge in [-0.15, -0.1) is 11.6 Å². The Balaban J connectivity index is 2.94. The maximum atomic E-state index is 5.25. The zero-order valence-electron chi connectivity index (χ0n) is 3.52. The SMILES string of the molecule is C=CC=CCCl. The molecule has 6 heavy (non-hydrogen) atoms. The van der Waals surface area contributed by atoms with E-state index in [1.165, 1.54) is 0 Å². The van der Waals surface area contributed by atoms with Crippen LogP contribution in [-0.4, -0.2) is 5.88 Å². The molecule has 0 rings (SSSR count). The summed E-state index contributed by atoms with van der Waals surface area (Å²) in [6, 6.07) is 0. The largest absolute Gasteiger partial charge is 0.122 e. The van der Waals surface area contributed by atoms with Crippen molar-refractivity contribution in [3.05, 3.63) is 24.8 Å². The summed E-state index contributed by atoms with van der Waals surface area (Å²) in [5.41, 5.74) is 0. The summed E-state index contributed by atoms with van der Waals surface area (Å²) in [7, 11) is 0. The molecular weight excluding hydrogens is 95.5 g/mol. The highest BCUT2D eigenvalue weighted by molar-refractivity contribution is 6.18. The Morgan fingerprint density at radius 2 is 2.33 bits per heavy atom. The summed E-state index contributed by atoms with van der Waals surface area (Å²) in [5, 5.41) is 0. The molecular formula is C5H7Cl. The summed E-state index contributed by atoms with van der Waals surface area (Å²) < 4.78 is 0. The molecule has 34 valence electrons. The van der Waals surface area contributed by atoms with Crippen LogP contribution in [0.15, 0.2) is 24.8 Å². The summed E-state index contributed by atoms with van der Waals surface area (Å²) >= 11 is 5.25. The molecule has 0 bridgehead atoms. The number of allylic oxidation sites excluding steroid dienone is 3. The van der Waals surface area contributed by atoms with Crippen molar-refractivity contribution in [3.63, 3.8) is 0 Å². The van der Waals surface area contributed by atoms with Gasteiger partial charge in [0, 0.05) is 5.88 Å². The van der Waals surface area contributed by atoms with Gasteiger partial charge in [-0.3, -0.25) is 0 Å². The fourth-order valence-electron chi connectivity index (χ4n) is 0.148. The molecule has 0 atom stereocenters. The standard InChI is InChI=1S/C5H7Cl/c1-2-3-4-5-6/h2-4H,1,5H2. The first-order valence-corrected chi connectivity index (χ1v) is 2.28. The lowest BCUT2D eigenvalue weighted by molar-refractivity contribution is 1.75. The minimum absolute atomic E-state index is 0.575. The van der Waals surface area contributed by atoms with Crippen molar-refractivity contribution in [3.8, 4) is 0 Å². The molecule has 0 aliphatic heterocycles. The first kappa shape index (κ1) is 5.77. The van der Waals surface area contributed by atoms with Gasteiger partial charge in [-0.25, -0.2) is 0 Å². The summed E-state index contributed by atoms with van der Waals surface area (Å²) in [6.45, 7) is 3.45. The number of rotatable bonds is 2. The maximum Gasteiger partial charge on any atom is 0.0407 e. The smallest absolute Gasteiger partial charge is 0.0407 e. The fraction of sp³-hybridized carbons (Fsp3) is 0.200. The average Bonchev–Trinajstić information content (AvgIpc) is 1.61. The van der Waals surface area contributed by atoms with Gasteiger partial charge in [0.2, 0.25) is 0 Å². The zero-order valence-corrected chi connectivity index (χ0v) is 4.28. The fourth-order valence-corrected chi connectivity index (χ4v) is 0.251. The van der Waals surface area contributed by atoms with E-state index in [-0.39, 0.29) is 0 Å². The van der Waals surface area contributed by atoms with Gasteiger partial charge in [0.25, 0.3) is 0 Å². The molecule has 0 aliphatic rings. The van der Waals surface area contributed by atoms with E-state index in [0.717, 1.165) is 0 Å². The third kappa shape index (κ3) is 3.77. The molecule has 0 aromatic heterocycles. The Morgan fingerprint density at radius 3 is 2.50 bits per heavy atom. The Labute approximate surface area is 43.1 Å². The molecule has 0 nitrogen and oxygen atoms in total. The average molecular weight is 103 g/mol. The van der Waals surface area contributed by atoms with Crippen LogP contribution in [0.2, 0.25) is 0 Å². The second kappa shape index (κ2) is 4.77. The van der Waals surface area contributed by atoms with Crippen molar-refractivity contribution in [1.29, 1.82) is 0 Å². The molecule has 0 aromatic rings. The van der Waals surface area contributed by atoms with E-state index >= 15 is 0 Å². The Hall–Kier alpha value is -0.230. The molecule has 0 radical (unpaired) electrons. The third-order valence-corrected chi connectivity index (χ3v) is 0.539. The van der Waals surface area contributed by atoms with Gasteiger partial charge in [-0.05, 0) is 0 Å². The van der Waals surface area contributed by atoms with E-state index in [1.54, 1.807) is 6.08 Å². The highest BCUT2D eigenvalue weighted by atomic mass is 35.5. The number of alkyl halides is 1. The molecule has 0 saturated heterocycles. The molecule has 0 aromatic carbocycles. The van der Waals surface area contributed by atoms with Crippen molar-refractivity contribution in [2.24, 2.45) is 0 Å². The van der Waals surface area contributed by atoms with Crippen LogP contribution in [0, 0.1) is 0 Å². The van der Waals surface area contributed by atoms with Crippen LogP contribution in [0.1, 0.15) is 0 Å². The predicted molar refractivity (Wildman–Crippen MR) is 30.1 cm³/mol. The Bertz CT molecular complexity index is 55.0. The third-order valence-electron chi connectivity index (χ3n) is 0.361. The summed E-state index contributed by atoms with van der Waals surface area (Å²) in [6.07, 6.45) is 5.34. The lowest BCUT2D eigenvalue weighted by Gasteiger charge is -1.65. The molecule has 0 heterocycles. The molecule has 0 N–H and O–H groups in total. The van der Waals surface area contributed by atoms with Gasteiger partial charge >= 0.3 is 0 Å². The highest BCUT2D eigenvalue weighted by Crippen LogP contribution is 1.75. The van der Waals surface area contributed by atoms with E-state index < -0.39 is 0 Å². The van der Waals surface area contributed by atoms with Crippen LogP contribution < -0.4 is 0 Å². The lowest BCUT2D eigenvalue weighted by Crippen LogP contribution is -1.52. The normalized spacial score (nSPS) is 9.50. The first-order chi connectivity index (χ1) is 2.91. The van der Waals surface area contributed by atoms with E-state index in [4.69, 9.17) is 11.6 Å². The van der Waals surface area contributed by atoms with E-state index in [0.29, 0.717) is 5.88 Å². The van der Waals surface area contributed by atoms with Crippen LogP contribution in [0.5, 0.6) is 0 Å². The van der Waals surface area contributed by atoms with E-state index in [9.17, 15) is 0 Å². The van der Waals surface area contributed by atoms with Gasteiger partial charge < -0.3 is 0 Å². The van der Waals surface area contributed by atoms with Gasteiger partial charge in [-0.2, -0.15) is 0 Å². The van der Waals surface area contributed by atoms with Gasteiger partial charge in [-0.1, -0.05) is 24.8 Å². The first-order valence-electron chi connectivity index (χ1n) is 1.75. The predicted octanol–water partition coefficient (Wildman–Crippen LogP) is 1.97. The number of halogens is 1. The Kier molecular flexibility index (Phi) is 4.59. The van der Waals surface area contributed by atoms with E-state index in [2.05, 4.69) is 6.58 Å². The number of hydrogen-bond acceptors (Lipinski definition) is 0. The van der Waals surface area contributed by atoms with Crippen molar-refractivity contribution in [2.75, 3.05) is 5.88 Å². The molecule has 0 amide bonds. The topological polar surface area (TPSA) is 0 Å². The van der Waals surface area contributed by atoms with Crippen molar-refractivity contribution < 1.29 is 0 Å². The lowest BCUT2D eigenvalue weighted by atomic mass is 10.5. The van der Waals surface area contributed by atoms with Crippen LogP contribution in [-0.2, 0) is 0 Å². The molecule has 0 unspecified atom stereocenters. The number of hydrogen-bond donors (Lipinski definition) is 0. The van der Waals surface area contributed by atoms with Gasteiger partial charge in [0.15, 0.2) is 0 Å². The quantitative estimate of drug-likeness (QED) is 0.369. The van der Waals surface area contributed by atoms with Crippen molar-refractivity contribution in [1.82, 2.24) is 0 Å². The van der Waals surface area contributed by atoms with Crippen LogP contribution >= 0.6 is 11.6 Å². The van der Waals surface area contributed by atoms with E-state index in [1.807, 2.05) is 12.2 Å². The summed E-state index contributed by atoms with van der Waals surface area (Å²) in [5.74, 6) is 0.575.